The van der Waals surface area contributed by atoms with Crippen molar-refractivity contribution in [1.29, 1.82) is 0 Å². The second-order valence-corrected chi connectivity index (χ2v) is 6.42. The van der Waals surface area contributed by atoms with Gasteiger partial charge in [0.15, 0.2) is 11.9 Å². The molecule has 136 valence electrons. The van der Waals surface area contributed by atoms with Gasteiger partial charge in [0.05, 0.1) is 17.9 Å². The minimum absolute atomic E-state index is 0.0392. The number of nitrogens with two attached hydrogens (primary N) is 1. The molecule has 0 saturated carbocycles. The van der Waals surface area contributed by atoms with Crippen LogP contribution >= 0.6 is 15.9 Å². The van der Waals surface area contributed by atoms with Crippen LogP contribution in [0, 0.1) is 11.6 Å². The van der Waals surface area contributed by atoms with Crippen LogP contribution in [0.15, 0.2) is 28.7 Å². The number of amides is 2. The Morgan fingerprint density at radius 3 is 2.65 bits per heavy atom. The van der Waals surface area contributed by atoms with Crippen molar-refractivity contribution in [3.63, 3.8) is 0 Å². The number of halogens is 3. The van der Waals surface area contributed by atoms with Gasteiger partial charge < -0.3 is 21.1 Å². The molecule has 0 bridgehead atoms. The third kappa shape index (κ3) is 4.07. The van der Waals surface area contributed by atoms with Crippen LogP contribution in [0.5, 0.6) is 0 Å². The van der Waals surface area contributed by atoms with E-state index in [4.69, 9.17) is 10.5 Å². The van der Waals surface area contributed by atoms with Crippen molar-refractivity contribution in [1.82, 2.24) is 4.98 Å². The molecule has 1 aliphatic rings. The fourth-order valence-corrected chi connectivity index (χ4v) is 3.17. The fourth-order valence-electron chi connectivity index (χ4n) is 2.59. The van der Waals surface area contributed by atoms with Crippen LogP contribution in [0.4, 0.5) is 25.1 Å². The normalized spacial score (nSPS) is 14.0. The Bertz CT molecular complexity index is 874. The standard InChI is InChI=1S/C16H13BrF2N4O3/c17-10-5-11-15(21-6-13(24)22-11)23-14(10)12(26-16(20)25)3-7-1-8(18)4-9(19)2-7/h1-2,4-5,12H,3,6H2,(H2,20,25)(H,21,23)(H,22,24)/t12-/m0/s1. The number of benzene rings is 1. The van der Waals surface area contributed by atoms with Crippen LogP contribution < -0.4 is 16.4 Å². The summed E-state index contributed by atoms with van der Waals surface area (Å²) in [5.41, 5.74) is 6.13. The van der Waals surface area contributed by atoms with E-state index in [0.29, 0.717) is 16.0 Å². The summed E-state index contributed by atoms with van der Waals surface area (Å²) in [6, 6.07) is 4.59. The van der Waals surface area contributed by atoms with Crippen molar-refractivity contribution < 1.29 is 23.1 Å². The Kier molecular flexibility index (Phi) is 5.03. The molecule has 10 heteroatoms. The highest BCUT2D eigenvalue weighted by Crippen LogP contribution is 2.34. The van der Waals surface area contributed by atoms with Gasteiger partial charge in [-0.25, -0.2) is 18.6 Å². The minimum Gasteiger partial charge on any atom is -0.439 e. The molecule has 0 radical (unpaired) electrons. The summed E-state index contributed by atoms with van der Waals surface area (Å²) in [6.45, 7) is 0.0392. The molecule has 3 rings (SSSR count). The number of aromatic nitrogens is 1. The van der Waals surface area contributed by atoms with E-state index in [1.807, 2.05) is 0 Å². The molecule has 2 heterocycles. The minimum atomic E-state index is -1.06. The molecule has 2 aromatic rings. The predicted octanol–water partition coefficient (Wildman–Crippen LogP) is 2.87. The molecule has 1 atom stereocenters. The lowest BCUT2D eigenvalue weighted by Crippen LogP contribution is -2.29. The Labute approximate surface area is 155 Å². The number of carbonyl (C=O) groups is 2. The number of rotatable bonds is 4. The first kappa shape index (κ1) is 18.1. The summed E-state index contributed by atoms with van der Waals surface area (Å²) in [4.78, 5) is 27.1. The fraction of sp³-hybridized carbons (Fsp3) is 0.188. The second-order valence-electron chi connectivity index (χ2n) is 5.56. The maximum Gasteiger partial charge on any atom is 0.405 e. The molecule has 0 saturated heterocycles. The molecule has 0 aliphatic carbocycles. The Morgan fingerprint density at radius 1 is 1.31 bits per heavy atom. The Balaban J connectivity index is 1.97. The number of fused-ring (bicyclic) bond motifs is 1. The third-order valence-corrected chi connectivity index (χ3v) is 4.24. The van der Waals surface area contributed by atoms with E-state index in [-0.39, 0.29) is 30.1 Å². The number of hydrogen-bond donors (Lipinski definition) is 3. The zero-order chi connectivity index (χ0) is 18.8. The first-order chi connectivity index (χ1) is 12.3. The summed E-state index contributed by atoms with van der Waals surface area (Å²) in [7, 11) is 0. The van der Waals surface area contributed by atoms with Crippen molar-refractivity contribution in [3.8, 4) is 0 Å². The van der Waals surface area contributed by atoms with Gasteiger partial charge in [-0.05, 0) is 39.7 Å². The number of pyridine rings is 1. The van der Waals surface area contributed by atoms with Crippen LogP contribution in [0.3, 0.4) is 0 Å². The SMILES string of the molecule is NC(=O)O[C@@H](Cc1cc(F)cc(F)c1)c1nc2c(cc1Br)NC(=O)CN2. The van der Waals surface area contributed by atoms with Crippen molar-refractivity contribution >= 4 is 39.4 Å². The summed E-state index contributed by atoms with van der Waals surface area (Å²) < 4.78 is 32.4. The van der Waals surface area contributed by atoms with E-state index < -0.39 is 23.8 Å². The molecule has 1 aliphatic heterocycles. The van der Waals surface area contributed by atoms with Crippen LogP contribution in [-0.2, 0) is 16.0 Å². The van der Waals surface area contributed by atoms with Gasteiger partial charge in [0.2, 0.25) is 5.91 Å². The predicted molar refractivity (Wildman–Crippen MR) is 92.5 cm³/mol. The van der Waals surface area contributed by atoms with E-state index >= 15 is 0 Å². The smallest absolute Gasteiger partial charge is 0.405 e. The van der Waals surface area contributed by atoms with Crippen molar-refractivity contribution in [3.05, 3.63) is 51.6 Å². The van der Waals surface area contributed by atoms with Gasteiger partial charge in [-0.15, -0.1) is 0 Å². The molecular formula is C16H13BrF2N4O3. The number of anilines is 2. The average Bonchev–Trinajstić information content (AvgIpc) is 2.52. The Hall–Kier alpha value is -2.75. The highest BCUT2D eigenvalue weighted by molar-refractivity contribution is 9.10. The van der Waals surface area contributed by atoms with E-state index in [2.05, 4.69) is 31.5 Å². The lowest BCUT2D eigenvalue weighted by atomic mass is 10.0. The molecule has 1 aromatic carbocycles. The molecule has 2 amide bonds. The summed E-state index contributed by atoms with van der Waals surface area (Å²) in [5, 5.41) is 5.48. The quantitative estimate of drug-likeness (QED) is 0.696. The topological polar surface area (TPSA) is 106 Å². The van der Waals surface area contributed by atoms with E-state index in [9.17, 15) is 18.4 Å². The van der Waals surface area contributed by atoms with E-state index in [1.165, 1.54) is 0 Å². The van der Waals surface area contributed by atoms with Crippen molar-refractivity contribution in [2.45, 2.75) is 12.5 Å². The second kappa shape index (κ2) is 7.24. The van der Waals surface area contributed by atoms with Gasteiger partial charge in [0.25, 0.3) is 0 Å². The van der Waals surface area contributed by atoms with Gasteiger partial charge in [-0.2, -0.15) is 0 Å². The largest absolute Gasteiger partial charge is 0.439 e. The monoisotopic (exact) mass is 426 g/mol. The van der Waals surface area contributed by atoms with Crippen LogP contribution in [0.2, 0.25) is 0 Å². The van der Waals surface area contributed by atoms with Gasteiger partial charge in [0, 0.05) is 17.0 Å². The summed E-state index contributed by atoms with van der Waals surface area (Å²) >= 11 is 3.31. The molecule has 0 fully saturated rings. The molecular weight excluding hydrogens is 414 g/mol. The Morgan fingerprint density at radius 2 is 2.00 bits per heavy atom. The lowest BCUT2D eigenvalue weighted by Gasteiger charge is -2.23. The van der Waals surface area contributed by atoms with Gasteiger partial charge in [0.1, 0.15) is 11.6 Å². The average molecular weight is 427 g/mol. The van der Waals surface area contributed by atoms with Gasteiger partial charge >= 0.3 is 6.09 Å². The summed E-state index contributed by atoms with van der Waals surface area (Å²) in [6.07, 6.45) is -2.10. The molecule has 0 spiro atoms. The number of hydrogen-bond acceptors (Lipinski definition) is 5. The first-order valence-corrected chi connectivity index (χ1v) is 8.26. The number of nitrogens with one attached hydrogen (secondary N) is 2. The van der Waals surface area contributed by atoms with Crippen LogP contribution in [-0.4, -0.2) is 23.5 Å². The highest BCUT2D eigenvalue weighted by Gasteiger charge is 2.25. The van der Waals surface area contributed by atoms with E-state index in [0.717, 1.165) is 18.2 Å². The number of ether oxygens (including phenoxy) is 1. The number of carbonyl (C=O) groups excluding carboxylic acids is 2. The molecule has 0 unspecified atom stereocenters. The summed E-state index contributed by atoms with van der Waals surface area (Å²) in [5.74, 6) is -1.34. The number of primary amides is 1. The van der Waals surface area contributed by atoms with Gasteiger partial charge in [-0.3, -0.25) is 4.79 Å². The number of nitrogens with zero attached hydrogens (tertiary/aromatic N) is 1. The maximum absolute atomic E-state index is 13.4. The first-order valence-electron chi connectivity index (χ1n) is 7.47. The zero-order valence-electron chi connectivity index (χ0n) is 13.2. The molecule has 26 heavy (non-hydrogen) atoms. The zero-order valence-corrected chi connectivity index (χ0v) is 14.8. The van der Waals surface area contributed by atoms with Gasteiger partial charge in [-0.1, -0.05) is 0 Å². The van der Waals surface area contributed by atoms with Crippen molar-refractivity contribution in [2.75, 3.05) is 17.2 Å². The molecule has 4 N–H and O–H groups in total. The third-order valence-electron chi connectivity index (χ3n) is 3.60. The lowest BCUT2D eigenvalue weighted by molar-refractivity contribution is -0.114. The van der Waals surface area contributed by atoms with Crippen LogP contribution in [0.1, 0.15) is 17.4 Å². The van der Waals surface area contributed by atoms with Crippen LogP contribution in [0.25, 0.3) is 0 Å². The molecule has 7 nitrogen and oxygen atoms in total. The maximum atomic E-state index is 13.4. The van der Waals surface area contributed by atoms with Crippen molar-refractivity contribution in [2.24, 2.45) is 5.73 Å². The highest BCUT2D eigenvalue weighted by atomic mass is 79.9. The van der Waals surface area contributed by atoms with E-state index in [1.54, 1.807) is 6.07 Å². The molecule has 1 aromatic heterocycles.